The van der Waals surface area contributed by atoms with Gasteiger partial charge in [-0.05, 0) is 55.2 Å². The fourth-order valence-electron chi connectivity index (χ4n) is 4.23. The van der Waals surface area contributed by atoms with Crippen molar-refractivity contribution < 1.29 is 9.18 Å². The Balaban J connectivity index is 1.54. The van der Waals surface area contributed by atoms with Crippen LogP contribution >= 0.6 is 0 Å². The predicted molar refractivity (Wildman–Crippen MR) is 125 cm³/mol. The van der Waals surface area contributed by atoms with Gasteiger partial charge in [-0.15, -0.1) is 0 Å². The van der Waals surface area contributed by atoms with Crippen LogP contribution in [0.25, 0.3) is 16.5 Å². The molecule has 0 saturated carbocycles. The minimum atomic E-state index is -0.650. The summed E-state index contributed by atoms with van der Waals surface area (Å²) in [5, 5.41) is 2.94. The second-order valence-electron chi connectivity index (χ2n) is 8.08. The van der Waals surface area contributed by atoms with Gasteiger partial charge in [0.1, 0.15) is 5.69 Å². The van der Waals surface area contributed by atoms with E-state index in [2.05, 4.69) is 20.2 Å². The highest BCUT2D eigenvalue weighted by Crippen LogP contribution is 2.26. The van der Waals surface area contributed by atoms with Crippen LogP contribution in [-0.4, -0.2) is 45.5 Å². The van der Waals surface area contributed by atoms with E-state index in [1.54, 1.807) is 19.1 Å². The normalized spacial score (nSPS) is 14.4. The minimum Gasteiger partial charge on any atom is -0.354 e. The number of carbonyl (C=O) groups excluding carboxylic acids is 1. The van der Waals surface area contributed by atoms with Gasteiger partial charge in [0.2, 0.25) is 5.95 Å². The highest BCUT2D eigenvalue weighted by Gasteiger charge is 2.19. The zero-order valence-electron chi connectivity index (χ0n) is 18.9. The number of nitrogens with one attached hydrogen (secondary N) is 2. The number of pyridine rings is 1. The monoisotopic (exact) mass is 451 g/mol. The molecule has 1 aliphatic rings. The first kappa shape index (κ1) is 22.6. The third-order valence-electron chi connectivity index (χ3n) is 6.19. The molecule has 1 aromatic carbocycles. The lowest BCUT2D eigenvalue weighted by molar-refractivity contribution is 0.0957. The molecule has 0 atom stereocenters. The number of rotatable bonds is 5. The summed E-state index contributed by atoms with van der Waals surface area (Å²) in [4.78, 5) is 45.3. The maximum Gasteiger partial charge on any atom is 0.328 e. The molecular weight excluding hydrogens is 425 g/mol. The first-order valence-electron chi connectivity index (χ1n) is 10.9. The van der Waals surface area contributed by atoms with Crippen LogP contribution in [0.5, 0.6) is 0 Å². The van der Waals surface area contributed by atoms with Crippen LogP contribution in [0.2, 0.25) is 0 Å². The molecule has 1 amide bonds. The number of amides is 1. The van der Waals surface area contributed by atoms with Crippen molar-refractivity contribution in [2.24, 2.45) is 0 Å². The Morgan fingerprint density at radius 3 is 2.67 bits per heavy atom. The van der Waals surface area contributed by atoms with Crippen LogP contribution < -0.4 is 16.6 Å². The fourth-order valence-corrected chi connectivity index (χ4v) is 4.23. The molecule has 3 heterocycles. The molecule has 2 N–H and O–H groups in total. The van der Waals surface area contributed by atoms with E-state index in [9.17, 15) is 18.8 Å². The van der Waals surface area contributed by atoms with Gasteiger partial charge in [-0.1, -0.05) is 12.1 Å². The summed E-state index contributed by atoms with van der Waals surface area (Å²) in [5.41, 5.74) is 3.10. The van der Waals surface area contributed by atoms with Gasteiger partial charge in [0, 0.05) is 38.8 Å². The molecule has 172 valence electrons. The molecule has 2 aromatic heterocycles. The van der Waals surface area contributed by atoms with Crippen LogP contribution in [0.1, 0.15) is 40.5 Å². The van der Waals surface area contributed by atoms with E-state index in [1.165, 1.54) is 17.7 Å². The lowest BCUT2D eigenvalue weighted by Gasteiger charge is -2.27. The lowest BCUT2D eigenvalue weighted by atomic mass is 9.99. The van der Waals surface area contributed by atoms with E-state index in [1.807, 2.05) is 19.1 Å². The number of fused-ring (bicyclic) bond motifs is 1. The maximum atomic E-state index is 14.5. The summed E-state index contributed by atoms with van der Waals surface area (Å²) in [6, 6.07) is 6.82. The van der Waals surface area contributed by atoms with E-state index in [0.717, 1.165) is 16.7 Å². The van der Waals surface area contributed by atoms with Crippen LogP contribution in [0, 0.1) is 12.9 Å². The van der Waals surface area contributed by atoms with Crippen molar-refractivity contribution in [2.75, 3.05) is 20.1 Å². The number of aromatic nitrogens is 3. The number of hydrogen-bond donors (Lipinski definition) is 2. The third kappa shape index (κ3) is 4.23. The molecule has 0 unspecified atom stereocenters. The number of hydrogen-bond acceptors (Lipinski definition) is 5. The average molecular weight is 452 g/mol. The van der Waals surface area contributed by atoms with Gasteiger partial charge in [-0.3, -0.25) is 19.1 Å². The number of aryl methyl sites for hydroxylation is 1. The molecule has 0 fully saturated rings. The molecule has 0 spiro atoms. The van der Waals surface area contributed by atoms with Gasteiger partial charge in [-0.2, -0.15) is 4.39 Å². The molecule has 0 saturated heterocycles. The number of nitrogens with zero attached hydrogens (tertiary/aromatic N) is 3. The van der Waals surface area contributed by atoms with Gasteiger partial charge in [0.05, 0.1) is 10.9 Å². The van der Waals surface area contributed by atoms with E-state index < -0.39 is 17.5 Å². The Bertz CT molecular complexity index is 1390. The molecule has 8 nitrogen and oxygen atoms in total. The van der Waals surface area contributed by atoms with Crippen LogP contribution in [0.4, 0.5) is 4.39 Å². The fraction of sp³-hybridized carbons (Fsp3) is 0.333. The number of H-pyrrole nitrogens is 1. The van der Waals surface area contributed by atoms with Crippen molar-refractivity contribution in [3.05, 3.63) is 79.5 Å². The largest absolute Gasteiger partial charge is 0.354 e. The number of benzene rings is 1. The summed E-state index contributed by atoms with van der Waals surface area (Å²) in [5.74, 6) is -1.08. The van der Waals surface area contributed by atoms with Crippen molar-refractivity contribution in [2.45, 2.75) is 33.4 Å². The summed E-state index contributed by atoms with van der Waals surface area (Å²) in [6.45, 7) is 5.97. The number of aromatic amines is 1. The predicted octanol–water partition coefficient (Wildman–Crippen LogP) is 2.20. The molecule has 0 aliphatic carbocycles. The molecular formula is C24H26FN5O3. The smallest absolute Gasteiger partial charge is 0.328 e. The first-order chi connectivity index (χ1) is 15.8. The van der Waals surface area contributed by atoms with Gasteiger partial charge >= 0.3 is 5.69 Å². The molecule has 1 aliphatic heterocycles. The van der Waals surface area contributed by atoms with Gasteiger partial charge < -0.3 is 10.3 Å². The minimum absolute atomic E-state index is 0.0484. The number of carbonyl (C=O) groups is 1. The SMILES string of the molecule is CCn1c(=O)[nH]c2c(C)c(CN3CC=C(c4ccc(C(=O)NC)nc4F)CC3)ccc2c1=O. The zero-order chi connectivity index (χ0) is 23.7. The Hall–Kier alpha value is -3.59. The van der Waals surface area contributed by atoms with Crippen molar-refractivity contribution >= 4 is 22.4 Å². The average Bonchev–Trinajstić information content (AvgIpc) is 2.81. The lowest BCUT2D eigenvalue weighted by Crippen LogP contribution is -2.34. The molecule has 4 rings (SSSR count). The Labute approximate surface area is 189 Å². The van der Waals surface area contributed by atoms with Crippen molar-refractivity contribution in [1.82, 2.24) is 24.8 Å². The summed E-state index contributed by atoms with van der Waals surface area (Å²) in [7, 11) is 1.48. The number of halogens is 1. The van der Waals surface area contributed by atoms with Crippen molar-refractivity contribution in [3.63, 3.8) is 0 Å². The standard InChI is InChI=1S/C24H26FN5O3/c1-4-30-23(32)18-6-5-16(14(2)20(18)28-24(30)33)13-29-11-9-15(10-12-29)17-7-8-19(22(31)26-3)27-21(17)25/h5-9H,4,10-13H2,1-3H3,(H,26,31)(H,28,33). The molecule has 0 radical (unpaired) electrons. The van der Waals surface area contributed by atoms with Crippen LogP contribution in [0.3, 0.4) is 0 Å². The Morgan fingerprint density at radius 1 is 1.24 bits per heavy atom. The molecule has 33 heavy (non-hydrogen) atoms. The van der Waals surface area contributed by atoms with Gasteiger partial charge in [0.15, 0.2) is 0 Å². The third-order valence-corrected chi connectivity index (χ3v) is 6.19. The quantitative estimate of drug-likeness (QED) is 0.580. The van der Waals surface area contributed by atoms with Crippen LogP contribution in [0.15, 0.2) is 39.9 Å². The van der Waals surface area contributed by atoms with E-state index in [4.69, 9.17) is 0 Å². The second kappa shape index (κ2) is 9.11. The highest BCUT2D eigenvalue weighted by molar-refractivity contribution is 5.92. The maximum absolute atomic E-state index is 14.5. The van der Waals surface area contributed by atoms with Gasteiger partial charge in [0.25, 0.3) is 11.5 Å². The highest BCUT2D eigenvalue weighted by atomic mass is 19.1. The summed E-state index contributed by atoms with van der Waals surface area (Å²) in [6.07, 6.45) is 2.61. The van der Waals surface area contributed by atoms with Gasteiger partial charge in [-0.25, -0.2) is 9.78 Å². The summed E-state index contributed by atoms with van der Waals surface area (Å²) < 4.78 is 15.7. The van der Waals surface area contributed by atoms with Crippen LogP contribution in [-0.2, 0) is 13.1 Å². The second-order valence-corrected chi connectivity index (χ2v) is 8.08. The van der Waals surface area contributed by atoms with Crippen molar-refractivity contribution in [3.8, 4) is 0 Å². The summed E-state index contributed by atoms with van der Waals surface area (Å²) >= 11 is 0. The molecule has 9 heteroatoms. The van der Waals surface area contributed by atoms with E-state index in [-0.39, 0.29) is 11.3 Å². The Morgan fingerprint density at radius 2 is 2.03 bits per heavy atom. The zero-order valence-corrected chi connectivity index (χ0v) is 18.9. The van der Waals surface area contributed by atoms with E-state index in [0.29, 0.717) is 49.1 Å². The topological polar surface area (TPSA) is 100 Å². The van der Waals surface area contributed by atoms with E-state index >= 15 is 0 Å². The first-order valence-corrected chi connectivity index (χ1v) is 10.9. The molecule has 0 bridgehead atoms. The molecule has 3 aromatic rings. The Kier molecular flexibility index (Phi) is 6.24. The van der Waals surface area contributed by atoms with Crippen molar-refractivity contribution in [1.29, 1.82) is 0 Å².